The van der Waals surface area contributed by atoms with E-state index in [0.717, 1.165) is 5.56 Å². The summed E-state index contributed by atoms with van der Waals surface area (Å²) < 4.78 is 0. The Balaban J connectivity index is 1.93. The molecule has 1 saturated carbocycles. The molecule has 1 aliphatic rings. The summed E-state index contributed by atoms with van der Waals surface area (Å²) in [6.45, 7) is 0. The summed E-state index contributed by atoms with van der Waals surface area (Å²) in [6, 6.07) is 10.2. The Morgan fingerprint density at radius 3 is 2.50 bits per heavy atom. The molecule has 1 aromatic carbocycles. The Morgan fingerprint density at radius 2 is 1.83 bits per heavy atom. The van der Waals surface area contributed by atoms with Crippen molar-refractivity contribution in [3.05, 3.63) is 35.9 Å². The van der Waals surface area contributed by atoms with Gasteiger partial charge in [0, 0.05) is 11.6 Å². The highest BCUT2D eigenvalue weighted by Gasteiger charge is 2.13. The van der Waals surface area contributed by atoms with Crippen LogP contribution in [-0.2, 0) is 0 Å². The molecule has 0 atom stereocenters. The summed E-state index contributed by atoms with van der Waals surface area (Å²) in [5.41, 5.74) is 6.83. The summed E-state index contributed by atoms with van der Waals surface area (Å²) in [6.07, 6.45) is 6.25. The Labute approximate surface area is 113 Å². The van der Waals surface area contributed by atoms with Gasteiger partial charge in [0.1, 0.15) is 5.84 Å². The van der Waals surface area contributed by atoms with Crippen LogP contribution in [0.15, 0.2) is 35.3 Å². The zero-order chi connectivity index (χ0) is 12.8. The number of nitrogens with zero attached hydrogens (tertiary/aromatic N) is 1. The van der Waals surface area contributed by atoms with E-state index in [1.807, 2.05) is 30.3 Å². The minimum atomic E-state index is 0.471. The summed E-state index contributed by atoms with van der Waals surface area (Å²) in [4.78, 5) is 4.26. The molecule has 18 heavy (non-hydrogen) atoms. The highest BCUT2D eigenvalue weighted by molar-refractivity contribution is 7.80. The van der Waals surface area contributed by atoms with E-state index < -0.39 is 0 Å². The molecular formula is C14H19N3S. The third-order valence-corrected chi connectivity index (χ3v) is 3.43. The van der Waals surface area contributed by atoms with Crippen LogP contribution in [0.3, 0.4) is 0 Å². The van der Waals surface area contributed by atoms with E-state index >= 15 is 0 Å². The number of nitrogens with one attached hydrogen (secondary N) is 1. The topological polar surface area (TPSA) is 50.4 Å². The number of hydrogen-bond donors (Lipinski definition) is 2. The van der Waals surface area contributed by atoms with Gasteiger partial charge in [0.05, 0.1) is 0 Å². The SMILES string of the molecule is N/C(=N\C(=S)NC1CCCCC1)c1ccccc1. The maximum Gasteiger partial charge on any atom is 0.194 e. The second-order valence-electron chi connectivity index (χ2n) is 4.65. The molecule has 96 valence electrons. The maximum atomic E-state index is 5.92. The van der Waals surface area contributed by atoms with Gasteiger partial charge in [-0.1, -0.05) is 49.6 Å². The summed E-state index contributed by atoms with van der Waals surface area (Å²) in [5, 5.41) is 3.79. The van der Waals surface area contributed by atoms with E-state index in [4.69, 9.17) is 18.0 Å². The summed E-state index contributed by atoms with van der Waals surface area (Å²) >= 11 is 5.23. The van der Waals surface area contributed by atoms with Crippen LogP contribution in [0.4, 0.5) is 0 Å². The van der Waals surface area contributed by atoms with Gasteiger partial charge in [0.25, 0.3) is 0 Å². The molecule has 0 amide bonds. The highest BCUT2D eigenvalue weighted by atomic mass is 32.1. The van der Waals surface area contributed by atoms with Crippen molar-refractivity contribution >= 4 is 23.2 Å². The molecule has 0 aromatic heterocycles. The third-order valence-electron chi connectivity index (χ3n) is 3.22. The van der Waals surface area contributed by atoms with Gasteiger partial charge in [-0.3, -0.25) is 0 Å². The van der Waals surface area contributed by atoms with Gasteiger partial charge in [-0.25, -0.2) is 4.99 Å². The molecule has 0 spiro atoms. The molecule has 0 unspecified atom stereocenters. The van der Waals surface area contributed by atoms with Crippen molar-refractivity contribution in [2.75, 3.05) is 0 Å². The molecule has 0 saturated heterocycles. The van der Waals surface area contributed by atoms with E-state index in [2.05, 4.69) is 10.3 Å². The maximum absolute atomic E-state index is 5.92. The van der Waals surface area contributed by atoms with E-state index in [0.29, 0.717) is 17.0 Å². The van der Waals surface area contributed by atoms with Crippen LogP contribution >= 0.6 is 12.2 Å². The molecule has 1 aliphatic carbocycles. The monoisotopic (exact) mass is 261 g/mol. The van der Waals surface area contributed by atoms with E-state index in [1.54, 1.807) is 0 Å². The Hall–Kier alpha value is -1.42. The fourth-order valence-corrected chi connectivity index (χ4v) is 2.50. The van der Waals surface area contributed by atoms with Crippen LogP contribution < -0.4 is 11.1 Å². The fraction of sp³-hybridized carbons (Fsp3) is 0.429. The van der Waals surface area contributed by atoms with Crippen molar-refractivity contribution in [3.8, 4) is 0 Å². The normalized spacial score (nSPS) is 17.4. The highest BCUT2D eigenvalue weighted by Crippen LogP contribution is 2.17. The molecule has 1 aromatic rings. The predicted octanol–water partition coefficient (Wildman–Crippen LogP) is 2.60. The first-order chi connectivity index (χ1) is 8.75. The van der Waals surface area contributed by atoms with Crippen LogP contribution in [-0.4, -0.2) is 17.0 Å². The average molecular weight is 261 g/mol. The average Bonchev–Trinajstić information content (AvgIpc) is 2.40. The zero-order valence-electron chi connectivity index (χ0n) is 10.4. The molecule has 3 nitrogen and oxygen atoms in total. The summed E-state index contributed by atoms with van der Waals surface area (Å²) in [5.74, 6) is 0.476. The molecule has 3 N–H and O–H groups in total. The minimum absolute atomic E-state index is 0.471. The summed E-state index contributed by atoms with van der Waals surface area (Å²) in [7, 11) is 0. The minimum Gasteiger partial charge on any atom is -0.383 e. The van der Waals surface area contributed by atoms with Crippen LogP contribution in [0.1, 0.15) is 37.7 Å². The lowest BCUT2D eigenvalue weighted by Gasteiger charge is -2.22. The molecule has 0 heterocycles. The fourth-order valence-electron chi connectivity index (χ4n) is 2.24. The van der Waals surface area contributed by atoms with E-state index in [1.165, 1.54) is 32.1 Å². The Kier molecular flexibility index (Phi) is 4.70. The lowest BCUT2D eigenvalue weighted by atomic mass is 9.96. The van der Waals surface area contributed by atoms with Gasteiger partial charge < -0.3 is 11.1 Å². The molecule has 1 fully saturated rings. The number of nitrogens with two attached hydrogens (primary N) is 1. The molecule has 4 heteroatoms. The van der Waals surface area contributed by atoms with Crippen molar-refractivity contribution in [1.82, 2.24) is 5.32 Å². The first-order valence-corrected chi connectivity index (χ1v) is 6.86. The first kappa shape index (κ1) is 13.0. The number of amidine groups is 1. The van der Waals surface area contributed by atoms with Crippen molar-refractivity contribution in [3.63, 3.8) is 0 Å². The third kappa shape index (κ3) is 3.81. The number of benzene rings is 1. The van der Waals surface area contributed by atoms with Crippen molar-refractivity contribution in [2.45, 2.75) is 38.1 Å². The zero-order valence-corrected chi connectivity index (χ0v) is 11.2. The van der Waals surface area contributed by atoms with Gasteiger partial charge in [-0.05, 0) is 25.1 Å². The molecule has 0 bridgehead atoms. The van der Waals surface area contributed by atoms with Crippen LogP contribution in [0.2, 0.25) is 0 Å². The van der Waals surface area contributed by atoms with Crippen molar-refractivity contribution in [1.29, 1.82) is 0 Å². The van der Waals surface area contributed by atoms with Gasteiger partial charge in [-0.15, -0.1) is 0 Å². The van der Waals surface area contributed by atoms with Crippen LogP contribution in [0, 0.1) is 0 Å². The lowest BCUT2D eigenvalue weighted by Crippen LogP contribution is -2.35. The van der Waals surface area contributed by atoms with Gasteiger partial charge >= 0.3 is 0 Å². The number of rotatable bonds is 2. The molecule has 0 radical (unpaired) electrons. The van der Waals surface area contributed by atoms with E-state index in [9.17, 15) is 0 Å². The molecule has 2 rings (SSSR count). The van der Waals surface area contributed by atoms with Crippen molar-refractivity contribution < 1.29 is 0 Å². The predicted molar refractivity (Wildman–Crippen MR) is 79.8 cm³/mol. The van der Waals surface area contributed by atoms with Gasteiger partial charge in [0.2, 0.25) is 0 Å². The Bertz CT molecular complexity index is 422. The second-order valence-corrected chi connectivity index (χ2v) is 5.03. The molecule has 0 aliphatic heterocycles. The van der Waals surface area contributed by atoms with E-state index in [-0.39, 0.29) is 0 Å². The first-order valence-electron chi connectivity index (χ1n) is 6.46. The quantitative estimate of drug-likeness (QED) is 0.489. The standard InChI is InChI=1S/C14H19N3S/c15-13(11-7-3-1-4-8-11)17-14(18)16-12-9-5-2-6-10-12/h1,3-4,7-8,12H,2,5-6,9-10H2,(H3,15,16,17,18). The van der Waals surface area contributed by atoms with Crippen LogP contribution in [0.5, 0.6) is 0 Å². The Morgan fingerprint density at radius 1 is 1.17 bits per heavy atom. The van der Waals surface area contributed by atoms with Gasteiger partial charge in [0.15, 0.2) is 5.11 Å². The van der Waals surface area contributed by atoms with Gasteiger partial charge in [-0.2, -0.15) is 0 Å². The largest absolute Gasteiger partial charge is 0.383 e. The second kappa shape index (κ2) is 6.50. The number of hydrogen-bond acceptors (Lipinski definition) is 1. The smallest absolute Gasteiger partial charge is 0.194 e. The number of aliphatic imine (C=N–C) groups is 1. The van der Waals surface area contributed by atoms with Crippen LogP contribution in [0.25, 0.3) is 0 Å². The molecular weight excluding hydrogens is 242 g/mol. The number of thiocarbonyl (C=S) groups is 1. The van der Waals surface area contributed by atoms with Crippen molar-refractivity contribution in [2.24, 2.45) is 10.7 Å². The lowest BCUT2D eigenvalue weighted by molar-refractivity contribution is 0.414.